The molecule has 2 N–H and O–H groups in total. The maximum Gasteiger partial charge on any atom is 0.191 e. The van der Waals surface area contributed by atoms with Gasteiger partial charge in [-0.15, -0.1) is 24.0 Å². The van der Waals surface area contributed by atoms with Crippen LogP contribution < -0.4 is 10.6 Å². The molecule has 0 aliphatic carbocycles. The Labute approximate surface area is 203 Å². The van der Waals surface area contributed by atoms with E-state index in [0.29, 0.717) is 6.04 Å². The molecule has 2 aliphatic heterocycles. The van der Waals surface area contributed by atoms with E-state index in [9.17, 15) is 0 Å². The number of guanidine groups is 1. The Morgan fingerprint density at radius 1 is 1.20 bits per heavy atom. The largest absolute Gasteiger partial charge is 0.381 e. The van der Waals surface area contributed by atoms with Crippen molar-refractivity contribution in [2.24, 2.45) is 4.99 Å². The molecule has 0 spiro atoms. The summed E-state index contributed by atoms with van der Waals surface area (Å²) in [5.74, 6) is 0.911. The number of hydrogen-bond donors (Lipinski definition) is 2. The van der Waals surface area contributed by atoms with Crippen molar-refractivity contribution >= 4 is 41.5 Å². The Hall–Kier alpha value is -0.610. The van der Waals surface area contributed by atoms with Crippen LogP contribution in [0, 0.1) is 0 Å². The molecule has 2 fully saturated rings. The van der Waals surface area contributed by atoms with Gasteiger partial charge in [0.2, 0.25) is 0 Å². The predicted octanol–water partition coefficient (Wildman–Crippen LogP) is 3.20. The Bertz CT molecular complexity index is 656. The third-order valence-corrected chi connectivity index (χ3v) is 6.68. The van der Waals surface area contributed by atoms with Gasteiger partial charge in [0.1, 0.15) is 0 Å². The van der Waals surface area contributed by atoms with Crippen LogP contribution in [0.15, 0.2) is 29.3 Å². The van der Waals surface area contributed by atoms with Gasteiger partial charge < -0.3 is 20.3 Å². The molecule has 0 radical (unpaired) electrons. The molecular formula is C22H37ClIN5O. The number of ether oxygens (including phenoxy) is 1. The van der Waals surface area contributed by atoms with E-state index in [4.69, 9.17) is 16.3 Å². The highest BCUT2D eigenvalue weighted by Gasteiger charge is 2.35. The van der Waals surface area contributed by atoms with E-state index in [1.54, 1.807) is 0 Å². The summed E-state index contributed by atoms with van der Waals surface area (Å²) in [5.41, 5.74) is 1.46. The fourth-order valence-corrected chi connectivity index (χ4v) is 4.38. The van der Waals surface area contributed by atoms with Crippen LogP contribution in [0.3, 0.4) is 0 Å². The standard InChI is InChI=1S/C22H36ClN5O.HI/c1-24-21(25-17-22(27(2)3)10-14-29-15-11-22)26-20-8-12-28(13-9-20)16-18-4-6-19(23)7-5-18;/h4-7,20H,8-17H2,1-3H3,(H2,24,25,26);1H. The Kier molecular flexibility index (Phi) is 10.6. The first-order valence-electron chi connectivity index (χ1n) is 10.7. The van der Waals surface area contributed by atoms with E-state index < -0.39 is 0 Å². The van der Waals surface area contributed by atoms with E-state index >= 15 is 0 Å². The number of nitrogens with zero attached hydrogens (tertiary/aromatic N) is 3. The molecule has 6 nitrogen and oxygen atoms in total. The van der Waals surface area contributed by atoms with Crippen molar-refractivity contribution in [3.05, 3.63) is 34.9 Å². The van der Waals surface area contributed by atoms with Gasteiger partial charge in [-0.05, 0) is 57.5 Å². The molecule has 8 heteroatoms. The summed E-state index contributed by atoms with van der Waals surface area (Å²) in [7, 11) is 6.19. The lowest BCUT2D eigenvalue weighted by molar-refractivity contribution is -0.00504. The Balaban J connectivity index is 0.00000320. The van der Waals surface area contributed by atoms with E-state index in [1.165, 1.54) is 5.56 Å². The zero-order valence-corrected chi connectivity index (χ0v) is 21.6. The molecule has 1 aromatic rings. The predicted molar refractivity (Wildman–Crippen MR) is 136 cm³/mol. The van der Waals surface area contributed by atoms with E-state index in [2.05, 4.69) is 51.7 Å². The van der Waals surface area contributed by atoms with E-state index in [0.717, 1.165) is 76.1 Å². The fourth-order valence-electron chi connectivity index (χ4n) is 4.25. The highest BCUT2D eigenvalue weighted by molar-refractivity contribution is 14.0. The molecule has 170 valence electrons. The maximum absolute atomic E-state index is 5.99. The summed E-state index contributed by atoms with van der Waals surface area (Å²) in [6.45, 7) is 5.73. The van der Waals surface area contributed by atoms with Gasteiger partial charge in [-0.1, -0.05) is 23.7 Å². The first-order chi connectivity index (χ1) is 14.0. The smallest absolute Gasteiger partial charge is 0.191 e. The third kappa shape index (κ3) is 7.22. The van der Waals surface area contributed by atoms with Crippen LogP contribution in [-0.2, 0) is 11.3 Å². The first-order valence-corrected chi connectivity index (χ1v) is 11.1. The number of hydrogen-bond acceptors (Lipinski definition) is 4. The quantitative estimate of drug-likeness (QED) is 0.324. The zero-order chi connectivity index (χ0) is 20.7. The van der Waals surface area contributed by atoms with Crippen molar-refractivity contribution in [2.45, 2.75) is 43.8 Å². The number of benzene rings is 1. The monoisotopic (exact) mass is 549 g/mol. The molecule has 3 rings (SSSR count). The number of aliphatic imine (C=N–C) groups is 1. The molecule has 30 heavy (non-hydrogen) atoms. The highest BCUT2D eigenvalue weighted by Crippen LogP contribution is 2.25. The molecule has 0 bridgehead atoms. The van der Waals surface area contributed by atoms with Gasteiger partial charge in [0, 0.05) is 63.0 Å². The lowest BCUT2D eigenvalue weighted by atomic mass is 9.88. The highest BCUT2D eigenvalue weighted by atomic mass is 127. The van der Waals surface area contributed by atoms with Gasteiger partial charge in [0.25, 0.3) is 0 Å². The Morgan fingerprint density at radius 3 is 2.40 bits per heavy atom. The number of nitrogens with one attached hydrogen (secondary N) is 2. The van der Waals surface area contributed by atoms with E-state index in [-0.39, 0.29) is 29.5 Å². The van der Waals surface area contributed by atoms with Crippen LogP contribution >= 0.6 is 35.6 Å². The molecule has 0 amide bonds. The lowest BCUT2D eigenvalue weighted by Gasteiger charge is -2.43. The third-order valence-electron chi connectivity index (χ3n) is 6.43. The number of likely N-dealkylation sites (tertiary alicyclic amines) is 1. The van der Waals surface area contributed by atoms with Gasteiger partial charge in [0.15, 0.2) is 5.96 Å². The van der Waals surface area contributed by atoms with Crippen molar-refractivity contribution in [2.75, 3.05) is 54.0 Å². The van der Waals surface area contributed by atoms with Crippen molar-refractivity contribution in [3.8, 4) is 0 Å². The number of halogens is 2. The van der Waals surface area contributed by atoms with Gasteiger partial charge in [-0.25, -0.2) is 0 Å². The molecule has 0 unspecified atom stereocenters. The maximum atomic E-state index is 5.99. The van der Waals surface area contributed by atoms with Crippen molar-refractivity contribution in [1.82, 2.24) is 20.4 Å². The summed E-state index contributed by atoms with van der Waals surface area (Å²) in [4.78, 5) is 9.32. The van der Waals surface area contributed by atoms with Crippen LogP contribution in [-0.4, -0.2) is 81.3 Å². The second kappa shape index (κ2) is 12.4. The van der Waals surface area contributed by atoms with Gasteiger partial charge in [-0.2, -0.15) is 0 Å². The van der Waals surface area contributed by atoms with Crippen LogP contribution in [0.2, 0.25) is 5.02 Å². The molecule has 0 saturated carbocycles. The summed E-state index contributed by atoms with van der Waals surface area (Å²) in [6.07, 6.45) is 4.35. The second-order valence-electron chi connectivity index (χ2n) is 8.48. The molecule has 0 aromatic heterocycles. The zero-order valence-electron chi connectivity index (χ0n) is 18.5. The van der Waals surface area contributed by atoms with Crippen molar-refractivity contribution in [3.63, 3.8) is 0 Å². The lowest BCUT2D eigenvalue weighted by Crippen LogP contribution is -2.58. The number of rotatable bonds is 6. The van der Waals surface area contributed by atoms with Crippen LogP contribution in [0.4, 0.5) is 0 Å². The van der Waals surface area contributed by atoms with Gasteiger partial charge in [-0.3, -0.25) is 9.89 Å². The fraction of sp³-hybridized carbons (Fsp3) is 0.682. The first kappa shape index (κ1) is 25.6. The van der Waals surface area contributed by atoms with Gasteiger partial charge >= 0.3 is 0 Å². The summed E-state index contributed by atoms with van der Waals surface area (Å²) in [5, 5.41) is 8.02. The van der Waals surface area contributed by atoms with Crippen LogP contribution in [0.5, 0.6) is 0 Å². The number of piperidine rings is 1. The van der Waals surface area contributed by atoms with Crippen molar-refractivity contribution in [1.29, 1.82) is 0 Å². The minimum Gasteiger partial charge on any atom is -0.381 e. The van der Waals surface area contributed by atoms with Crippen LogP contribution in [0.1, 0.15) is 31.2 Å². The second-order valence-corrected chi connectivity index (χ2v) is 8.91. The number of likely N-dealkylation sites (N-methyl/N-ethyl adjacent to an activating group) is 1. The SMILES string of the molecule is CN=C(NCC1(N(C)C)CCOCC1)NC1CCN(Cc2ccc(Cl)cc2)CC1.I. The minimum absolute atomic E-state index is 0. The normalized spacial score (nSPS) is 20.6. The van der Waals surface area contributed by atoms with Crippen molar-refractivity contribution < 1.29 is 4.74 Å². The summed E-state index contributed by atoms with van der Waals surface area (Å²) >= 11 is 5.99. The summed E-state index contributed by atoms with van der Waals surface area (Å²) in [6, 6.07) is 8.65. The molecule has 0 atom stereocenters. The molecular weight excluding hydrogens is 513 g/mol. The average molecular weight is 550 g/mol. The molecule has 2 heterocycles. The molecule has 1 aromatic carbocycles. The van der Waals surface area contributed by atoms with Crippen LogP contribution in [0.25, 0.3) is 0 Å². The minimum atomic E-state index is 0. The van der Waals surface area contributed by atoms with Gasteiger partial charge in [0.05, 0.1) is 0 Å². The average Bonchev–Trinajstić information content (AvgIpc) is 2.74. The summed E-state index contributed by atoms with van der Waals surface area (Å²) < 4.78 is 5.58. The topological polar surface area (TPSA) is 52.1 Å². The molecule has 2 aliphatic rings. The van der Waals surface area contributed by atoms with E-state index in [1.807, 2.05) is 19.2 Å². The molecule has 2 saturated heterocycles. The Morgan fingerprint density at radius 2 is 1.83 bits per heavy atom.